The molecule has 0 fully saturated rings. The van der Waals surface area contributed by atoms with Gasteiger partial charge in [0.05, 0.1) is 17.4 Å². The third-order valence-electron chi connectivity index (χ3n) is 2.62. The van der Waals surface area contributed by atoms with Gasteiger partial charge < -0.3 is 10.6 Å². The summed E-state index contributed by atoms with van der Waals surface area (Å²) < 4.78 is 1.67. The van der Waals surface area contributed by atoms with Crippen LogP contribution in [-0.2, 0) is 0 Å². The Kier molecular flexibility index (Phi) is 3.06. The van der Waals surface area contributed by atoms with Crippen molar-refractivity contribution >= 4 is 11.6 Å². The van der Waals surface area contributed by atoms with E-state index in [1.54, 1.807) is 43.2 Å². The van der Waals surface area contributed by atoms with E-state index in [9.17, 15) is 4.79 Å². The van der Waals surface area contributed by atoms with Gasteiger partial charge in [0.2, 0.25) is 0 Å². The standard InChI is InChI=1S/C13H16N4O/c1-9-7-15-17(8-9)12-6-10(14)4-5-11(12)13(18)16(2)3/h4-8H,14H2,1-3H3. The molecule has 0 bridgehead atoms. The largest absolute Gasteiger partial charge is 0.399 e. The van der Waals surface area contributed by atoms with Gasteiger partial charge in [0.1, 0.15) is 0 Å². The number of hydrogen-bond donors (Lipinski definition) is 1. The molecule has 1 heterocycles. The number of carbonyl (C=O) groups excluding carboxylic acids is 1. The summed E-state index contributed by atoms with van der Waals surface area (Å²) in [6.07, 6.45) is 3.61. The van der Waals surface area contributed by atoms with Crippen LogP contribution in [-0.4, -0.2) is 34.7 Å². The fourth-order valence-electron chi connectivity index (χ4n) is 1.70. The van der Waals surface area contributed by atoms with Crippen molar-refractivity contribution in [2.24, 2.45) is 0 Å². The Hall–Kier alpha value is -2.30. The SMILES string of the molecule is Cc1cnn(-c2cc(N)ccc2C(=O)N(C)C)c1. The summed E-state index contributed by atoms with van der Waals surface area (Å²) in [4.78, 5) is 13.6. The average Bonchev–Trinajstić information content (AvgIpc) is 2.74. The maximum absolute atomic E-state index is 12.1. The van der Waals surface area contributed by atoms with Gasteiger partial charge in [0.15, 0.2) is 0 Å². The highest BCUT2D eigenvalue weighted by Gasteiger charge is 2.15. The highest BCUT2D eigenvalue weighted by Crippen LogP contribution is 2.19. The molecule has 1 aromatic carbocycles. The summed E-state index contributed by atoms with van der Waals surface area (Å²) in [5.74, 6) is -0.0712. The molecule has 0 saturated carbocycles. The van der Waals surface area contributed by atoms with E-state index >= 15 is 0 Å². The molecule has 5 nitrogen and oxygen atoms in total. The van der Waals surface area contributed by atoms with Crippen LogP contribution in [0, 0.1) is 6.92 Å². The van der Waals surface area contributed by atoms with Crippen molar-refractivity contribution in [1.82, 2.24) is 14.7 Å². The first-order chi connectivity index (χ1) is 8.49. The lowest BCUT2D eigenvalue weighted by molar-refractivity contribution is 0.0827. The van der Waals surface area contributed by atoms with Crippen LogP contribution in [0.25, 0.3) is 5.69 Å². The molecule has 18 heavy (non-hydrogen) atoms. The minimum atomic E-state index is -0.0712. The highest BCUT2D eigenvalue weighted by atomic mass is 16.2. The van der Waals surface area contributed by atoms with Gasteiger partial charge in [0.25, 0.3) is 5.91 Å². The van der Waals surface area contributed by atoms with Crippen LogP contribution >= 0.6 is 0 Å². The van der Waals surface area contributed by atoms with Crippen molar-refractivity contribution in [3.63, 3.8) is 0 Å². The Morgan fingerprint density at radius 1 is 1.39 bits per heavy atom. The average molecular weight is 244 g/mol. The van der Waals surface area contributed by atoms with Crippen LogP contribution in [0.4, 0.5) is 5.69 Å². The summed E-state index contributed by atoms with van der Waals surface area (Å²) in [5, 5.41) is 4.22. The summed E-state index contributed by atoms with van der Waals surface area (Å²) in [7, 11) is 3.44. The van der Waals surface area contributed by atoms with Gasteiger partial charge in [-0.3, -0.25) is 4.79 Å². The second-order valence-corrected chi connectivity index (χ2v) is 4.44. The van der Waals surface area contributed by atoms with Crippen molar-refractivity contribution < 1.29 is 4.79 Å². The van der Waals surface area contributed by atoms with Crippen LogP contribution in [0.5, 0.6) is 0 Å². The van der Waals surface area contributed by atoms with Gasteiger partial charge in [-0.2, -0.15) is 5.10 Å². The predicted molar refractivity (Wildman–Crippen MR) is 70.7 cm³/mol. The molecule has 1 amide bonds. The van der Waals surface area contributed by atoms with E-state index < -0.39 is 0 Å². The minimum Gasteiger partial charge on any atom is -0.399 e. The Labute approximate surface area is 106 Å². The number of carbonyl (C=O) groups is 1. The van der Waals surface area contributed by atoms with Gasteiger partial charge in [-0.1, -0.05) is 0 Å². The lowest BCUT2D eigenvalue weighted by Gasteiger charge is -2.14. The summed E-state index contributed by atoms with van der Waals surface area (Å²) in [6.45, 7) is 1.95. The van der Waals surface area contributed by atoms with Crippen LogP contribution in [0.2, 0.25) is 0 Å². The monoisotopic (exact) mass is 244 g/mol. The van der Waals surface area contributed by atoms with Gasteiger partial charge in [-0.05, 0) is 30.7 Å². The van der Waals surface area contributed by atoms with E-state index in [-0.39, 0.29) is 5.91 Å². The van der Waals surface area contributed by atoms with Crippen molar-refractivity contribution in [3.8, 4) is 5.69 Å². The lowest BCUT2D eigenvalue weighted by Crippen LogP contribution is -2.23. The number of aryl methyl sites for hydroxylation is 1. The van der Waals surface area contributed by atoms with Gasteiger partial charge in [0, 0.05) is 26.0 Å². The fraction of sp³-hybridized carbons (Fsp3) is 0.231. The summed E-state index contributed by atoms with van der Waals surface area (Å²) in [6, 6.07) is 5.20. The number of benzene rings is 1. The first kappa shape index (κ1) is 12.2. The van der Waals surface area contributed by atoms with E-state index in [2.05, 4.69) is 5.10 Å². The molecule has 0 aliphatic rings. The number of nitrogen functional groups attached to an aromatic ring is 1. The van der Waals surface area contributed by atoms with Gasteiger partial charge in [-0.15, -0.1) is 0 Å². The quantitative estimate of drug-likeness (QED) is 0.813. The minimum absolute atomic E-state index is 0.0712. The smallest absolute Gasteiger partial charge is 0.255 e. The fourth-order valence-corrected chi connectivity index (χ4v) is 1.70. The number of aromatic nitrogens is 2. The van der Waals surface area contributed by atoms with E-state index in [0.29, 0.717) is 16.9 Å². The molecule has 2 N–H and O–H groups in total. The first-order valence-corrected chi connectivity index (χ1v) is 5.62. The molecule has 2 rings (SSSR count). The Morgan fingerprint density at radius 2 is 2.11 bits per heavy atom. The Morgan fingerprint density at radius 3 is 2.67 bits per heavy atom. The normalized spacial score (nSPS) is 10.4. The van der Waals surface area contributed by atoms with Crippen molar-refractivity contribution in [1.29, 1.82) is 0 Å². The molecular weight excluding hydrogens is 228 g/mol. The van der Waals surface area contributed by atoms with Gasteiger partial charge >= 0.3 is 0 Å². The molecule has 2 aromatic rings. The lowest BCUT2D eigenvalue weighted by atomic mass is 10.1. The number of rotatable bonds is 2. The highest BCUT2D eigenvalue weighted by molar-refractivity contribution is 5.98. The third-order valence-corrected chi connectivity index (χ3v) is 2.62. The van der Waals surface area contributed by atoms with Crippen molar-refractivity contribution in [2.75, 3.05) is 19.8 Å². The number of hydrogen-bond acceptors (Lipinski definition) is 3. The summed E-state index contributed by atoms with van der Waals surface area (Å²) in [5.41, 5.74) is 8.69. The third kappa shape index (κ3) is 2.20. The molecule has 0 aliphatic carbocycles. The zero-order valence-corrected chi connectivity index (χ0v) is 10.7. The van der Waals surface area contributed by atoms with Crippen LogP contribution in [0.15, 0.2) is 30.6 Å². The predicted octanol–water partition coefficient (Wildman–Crippen LogP) is 1.46. The molecule has 5 heteroatoms. The first-order valence-electron chi connectivity index (χ1n) is 5.62. The zero-order valence-electron chi connectivity index (χ0n) is 10.7. The zero-order chi connectivity index (χ0) is 13.3. The molecule has 0 aliphatic heterocycles. The van der Waals surface area contributed by atoms with Crippen molar-refractivity contribution in [3.05, 3.63) is 41.7 Å². The molecular formula is C13H16N4O. The number of nitrogens with two attached hydrogens (primary N) is 1. The maximum atomic E-state index is 12.1. The van der Waals surface area contributed by atoms with Crippen LogP contribution < -0.4 is 5.73 Å². The van der Waals surface area contributed by atoms with E-state index in [1.807, 2.05) is 13.1 Å². The Bertz CT molecular complexity index is 586. The van der Waals surface area contributed by atoms with Crippen LogP contribution in [0.3, 0.4) is 0 Å². The molecule has 0 unspecified atom stereocenters. The Balaban J connectivity index is 2.57. The second kappa shape index (κ2) is 4.52. The molecule has 1 aromatic heterocycles. The van der Waals surface area contributed by atoms with E-state index in [4.69, 9.17) is 5.73 Å². The van der Waals surface area contributed by atoms with Crippen molar-refractivity contribution in [2.45, 2.75) is 6.92 Å². The van der Waals surface area contributed by atoms with E-state index in [1.165, 1.54) is 4.90 Å². The molecule has 0 spiro atoms. The number of amides is 1. The molecule has 94 valence electrons. The molecule has 0 radical (unpaired) electrons. The second-order valence-electron chi connectivity index (χ2n) is 4.44. The summed E-state index contributed by atoms with van der Waals surface area (Å²) >= 11 is 0. The number of anilines is 1. The molecule has 0 saturated heterocycles. The van der Waals surface area contributed by atoms with E-state index in [0.717, 1.165) is 5.56 Å². The maximum Gasteiger partial charge on any atom is 0.255 e. The molecule has 0 atom stereocenters. The topological polar surface area (TPSA) is 64.2 Å². The van der Waals surface area contributed by atoms with Gasteiger partial charge in [-0.25, -0.2) is 4.68 Å². The number of nitrogens with zero attached hydrogens (tertiary/aromatic N) is 3. The van der Waals surface area contributed by atoms with Crippen LogP contribution in [0.1, 0.15) is 15.9 Å².